The Balaban J connectivity index is 2.12. The first-order valence-corrected chi connectivity index (χ1v) is 5.56. The molecule has 1 fully saturated rings. The molecule has 0 aromatic rings. The molecule has 0 saturated carbocycles. The van der Waals surface area contributed by atoms with Gasteiger partial charge in [-0.05, 0) is 0 Å². The van der Waals surface area contributed by atoms with Gasteiger partial charge in [-0.25, -0.2) is 4.39 Å². The lowest BCUT2D eigenvalue weighted by atomic mass is 10.0. The van der Waals surface area contributed by atoms with Gasteiger partial charge >= 0.3 is 0 Å². The van der Waals surface area contributed by atoms with Gasteiger partial charge in [-0.3, -0.25) is 4.99 Å². The molecule has 2 heterocycles. The minimum Gasteiger partial charge on any atom is -0.394 e. The van der Waals surface area contributed by atoms with Crippen molar-refractivity contribution in [3.8, 4) is 0 Å². The third-order valence-corrected chi connectivity index (χ3v) is 3.66. The molecular weight excluding hydrogens is 223 g/mol. The van der Waals surface area contributed by atoms with E-state index in [2.05, 4.69) is 10.3 Å². The van der Waals surface area contributed by atoms with E-state index in [1.807, 2.05) is 0 Å². The number of rotatable bonds is 1. The molecule has 3 N–H and O–H groups in total. The summed E-state index contributed by atoms with van der Waals surface area (Å²) in [6.45, 7) is -0.389. The Morgan fingerprint density at radius 3 is 3.00 bits per heavy atom. The van der Waals surface area contributed by atoms with Crippen molar-refractivity contribution in [1.29, 1.82) is 0 Å². The lowest BCUT2D eigenvalue weighted by molar-refractivity contribution is -0.144. The number of alkyl halides is 1. The number of aliphatic hydroxyl groups excluding tert-OH is 2. The second-order valence-electron chi connectivity index (χ2n) is 3.45. The predicted molar refractivity (Wildman–Crippen MR) is 54.5 cm³/mol. The number of ether oxygens (including phenoxy) is 1. The van der Waals surface area contributed by atoms with Crippen molar-refractivity contribution in [3.05, 3.63) is 0 Å². The van der Waals surface area contributed by atoms with E-state index < -0.39 is 29.9 Å². The van der Waals surface area contributed by atoms with E-state index in [1.54, 1.807) is 7.05 Å². The molecule has 0 amide bonds. The molecule has 0 radical (unpaired) electrons. The van der Waals surface area contributed by atoms with Crippen LogP contribution in [0, 0.1) is 0 Å². The zero-order valence-electron chi connectivity index (χ0n) is 8.13. The summed E-state index contributed by atoms with van der Waals surface area (Å²) in [5.41, 5.74) is -0.456. The van der Waals surface area contributed by atoms with Crippen LogP contribution in [-0.4, -0.2) is 58.9 Å². The Hall–Kier alpha value is -0.370. The summed E-state index contributed by atoms with van der Waals surface area (Å²) in [7, 11) is 1.69. The Morgan fingerprint density at radius 1 is 1.67 bits per heavy atom. The highest BCUT2D eigenvalue weighted by atomic mass is 32.2. The van der Waals surface area contributed by atoms with Gasteiger partial charge in [-0.1, -0.05) is 11.8 Å². The zero-order valence-corrected chi connectivity index (χ0v) is 8.95. The second-order valence-corrected chi connectivity index (χ2v) is 4.54. The first-order chi connectivity index (χ1) is 7.17. The molecule has 2 rings (SSSR count). The highest BCUT2D eigenvalue weighted by Gasteiger charge is 2.48. The molecular formula is C8H13FN2O3S. The van der Waals surface area contributed by atoms with E-state index in [0.29, 0.717) is 5.17 Å². The molecule has 5 atom stereocenters. The van der Waals surface area contributed by atoms with Crippen molar-refractivity contribution in [2.24, 2.45) is 4.99 Å². The summed E-state index contributed by atoms with van der Waals surface area (Å²) in [5, 5.41) is 21.8. The predicted octanol–water partition coefficient (Wildman–Crippen LogP) is -0.907. The average Bonchev–Trinajstić information content (AvgIpc) is 2.66. The van der Waals surface area contributed by atoms with Gasteiger partial charge in [0, 0.05) is 7.05 Å². The highest BCUT2D eigenvalue weighted by Crippen LogP contribution is 2.36. The van der Waals surface area contributed by atoms with Crippen LogP contribution < -0.4 is 5.32 Å². The fraction of sp³-hybridized carbons (Fsp3) is 0.875. The van der Waals surface area contributed by atoms with E-state index in [-0.39, 0.29) is 6.61 Å². The van der Waals surface area contributed by atoms with E-state index in [0.717, 1.165) is 0 Å². The van der Waals surface area contributed by atoms with E-state index >= 15 is 0 Å². The number of thioether (sulfide) groups is 1. The molecule has 7 heteroatoms. The first-order valence-electron chi connectivity index (χ1n) is 4.68. The SMILES string of the molecule is CNC1=N[C@@H]2[C@H](F)[C@H](O)[C@@H](CO)O[C@@H]2S1. The van der Waals surface area contributed by atoms with Crippen LogP contribution in [-0.2, 0) is 4.74 Å². The molecule has 0 bridgehead atoms. The number of aliphatic hydroxyl groups is 2. The van der Waals surface area contributed by atoms with Gasteiger partial charge in [0.05, 0.1) is 6.61 Å². The topological polar surface area (TPSA) is 74.1 Å². The monoisotopic (exact) mass is 236 g/mol. The van der Waals surface area contributed by atoms with Crippen molar-refractivity contribution < 1.29 is 19.3 Å². The fourth-order valence-corrected chi connectivity index (χ4v) is 2.74. The minimum absolute atomic E-state index is 0.389. The van der Waals surface area contributed by atoms with Gasteiger partial charge in [-0.2, -0.15) is 0 Å². The third-order valence-electron chi connectivity index (χ3n) is 2.51. The lowest BCUT2D eigenvalue weighted by Gasteiger charge is -2.36. The number of fused-ring (bicyclic) bond motifs is 1. The summed E-state index contributed by atoms with van der Waals surface area (Å²) in [6.07, 6.45) is -3.66. The van der Waals surface area contributed by atoms with Crippen molar-refractivity contribution in [1.82, 2.24) is 5.32 Å². The minimum atomic E-state index is -1.49. The van der Waals surface area contributed by atoms with E-state index in [4.69, 9.17) is 9.84 Å². The molecule has 5 nitrogen and oxygen atoms in total. The Labute approximate surface area is 90.7 Å². The number of nitrogens with one attached hydrogen (secondary N) is 1. The average molecular weight is 236 g/mol. The van der Waals surface area contributed by atoms with Crippen LogP contribution in [0.4, 0.5) is 4.39 Å². The molecule has 2 aliphatic rings. The number of nitrogens with zero attached hydrogens (tertiary/aromatic N) is 1. The zero-order chi connectivity index (χ0) is 11.0. The molecule has 0 unspecified atom stereocenters. The van der Waals surface area contributed by atoms with Gasteiger partial charge in [0.25, 0.3) is 0 Å². The van der Waals surface area contributed by atoms with Gasteiger partial charge in [0.15, 0.2) is 11.3 Å². The van der Waals surface area contributed by atoms with Crippen LogP contribution in [0.3, 0.4) is 0 Å². The normalized spacial score (nSPS) is 44.8. The van der Waals surface area contributed by atoms with E-state index in [1.165, 1.54) is 11.8 Å². The molecule has 0 spiro atoms. The lowest BCUT2D eigenvalue weighted by Crippen LogP contribution is -2.53. The first kappa shape index (κ1) is 11.1. The van der Waals surface area contributed by atoms with Crippen LogP contribution in [0.1, 0.15) is 0 Å². The summed E-state index contributed by atoms with van der Waals surface area (Å²) >= 11 is 1.27. The highest BCUT2D eigenvalue weighted by molar-refractivity contribution is 8.14. The van der Waals surface area contributed by atoms with Gasteiger partial charge in [-0.15, -0.1) is 0 Å². The van der Waals surface area contributed by atoms with Gasteiger partial charge < -0.3 is 20.3 Å². The van der Waals surface area contributed by atoms with Crippen molar-refractivity contribution in [3.63, 3.8) is 0 Å². The smallest absolute Gasteiger partial charge is 0.159 e. The quantitative estimate of drug-likeness (QED) is 0.550. The largest absolute Gasteiger partial charge is 0.394 e. The summed E-state index contributed by atoms with van der Waals surface area (Å²) in [5.74, 6) is 0. The van der Waals surface area contributed by atoms with Crippen molar-refractivity contribution in [2.45, 2.75) is 29.9 Å². The molecule has 0 aliphatic carbocycles. The maximum absolute atomic E-state index is 13.7. The number of amidine groups is 1. The van der Waals surface area contributed by atoms with E-state index in [9.17, 15) is 9.50 Å². The number of halogens is 1. The maximum Gasteiger partial charge on any atom is 0.159 e. The van der Waals surface area contributed by atoms with Gasteiger partial charge in [0.1, 0.15) is 23.7 Å². The molecule has 0 aromatic heterocycles. The van der Waals surface area contributed by atoms with Crippen LogP contribution in [0.2, 0.25) is 0 Å². The third kappa shape index (κ3) is 1.84. The molecule has 1 saturated heterocycles. The van der Waals surface area contributed by atoms with Crippen LogP contribution in [0.5, 0.6) is 0 Å². The number of aliphatic imine (C=N–C) groups is 1. The van der Waals surface area contributed by atoms with Crippen molar-refractivity contribution >= 4 is 16.9 Å². The summed E-state index contributed by atoms with van der Waals surface area (Å²) in [6, 6.07) is -0.685. The van der Waals surface area contributed by atoms with Gasteiger partial charge in [0.2, 0.25) is 0 Å². The summed E-state index contributed by atoms with van der Waals surface area (Å²) < 4.78 is 19.0. The molecule has 86 valence electrons. The molecule has 2 aliphatic heterocycles. The van der Waals surface area contributed by atoms with Crippen LogP contribution in [0.15, 0.2) is 4.99 Å². The Kier molecular flexibility index (Phi) is 3.15. The second kappa shape index (κ2) is 4.25. The standard InChI is InChI=1S/C8H13FN2O3S/c1-10-8-11-5-4(9)6(13)3(2-12)14-7(5)15-8/h3-7,12-13H,2H2,1H3,(H,10,11)/t3-,4+,5-,6-,7-/m1/s1. The summed E-state index contributed by atoms with van der Waals surface area (Å²) in [4.78, 5) is 4.06. The molecule has 0 aromatic carbocycles. The number of hydrogen-bond acceptors (Lipinski definition) is 6. The van der Waals surface area contributed by atoms with Crippen LogP contribution >= 0.6 is 11.8 Å². The van der Waals surface area contributed by atoms with Crippen LogP contribution in [0.25, 0.3) is 0 Å². The number of hydrogen-bond donors (Lipinski definition) is 3. The Bertz CT molecular complexity index is 279. The van der Waals surface area contributed by atoms with Crippen molar-refractivity contribution in [2.75, 3.05) is 13.7 Å². The Morgan fingerprint density at radius 2 is 2.40 bits per heavy atom. The molecule has 15 heavy (non-hydrogen) atoms. The maximum atomic E-state index is 13.7. The fourth-order valence-electron chi connectivity index (χ4n) is 1.67.